The average molecular weight is 276 g/mol. The number of aryl methyl sites for hydroxylation is 1. The summed E-state index contributed by atoms with van der Waals surface area (Å²) in [6, 6.07) is 0. The number of thiophene rings is 1. The molecule has 1 rings (SSSR count). The summed E-state index contributed by atoms with van der Waals surface area (Å²) in [7, 11) is -1.56. The number of rotatable bonds is 6. The molecule has 0 radical (unpaired) electrons. The minimum atomic E-state index is -3.38. The van der Waals surface area contributed by atoms with Crippen molar-refractivity contribution in [3.63, 3.8) is 0 Å². The van der Waals surface area contributed by atoms with Gasteiger partial charge in [-0.15, -0.1) is 11.3 Å². The van der Waals surface area contributed by atoms with Crippen molar-refractivity contribution in [3.05, 3.63) is 15.8 Å². The van der Waals surface area contributed by atoms with E-state index in [1.54, 1.807) is 0 Å². The molecule has 98 valence electrons. The second-order valence-corrected chi connectivity index (χ2v) is 7.12. The largest absolute Gasteiger partial charge is 0.315 e. The topological polar surface area (TPSA) is 58.2 Å². The lowest BCUT2D eigenvalue weighted by molar-refractivity contribution is 0.559. The summed E-state index contributed by atoms with van der Waals surface area (Å²) in [5.74, 6) is 0.302. The van der Waals surface area contributed by atoms with E-state index in [4.69, 9.17) is 0 Å². The van der Waals surface area contributed by atoms with E-state index in [0.717, 1.165) is 10.4 Å². The van der Waals surface area contributed by atoms with E-state index < -0.39 is 10.0 Å². The van der Waals surface area contributed by atoms with Crippen molar-refractivity contribution in [1.82, 2.24) is 10.0 Å². The van der Waals surface area contributed by atoms with Gasteiger partial charge in [0, 0.05) is 18.0 Å². The zero-order chi connectivity index (χ0) is 13.1. The molecule has 17 heavy (non-hydrogen) atoms. The smallest absolute Gasteiger partial charge is 0.241 e. The maximum atomic E-state index is 12.2. The quantitative estimate of drug-likeness (QED) is 0.831. The first-order valence-electron chi connectivity index (χ1n) is 5.59. The molecule has 0 saturated heterocycles. The minimum Gasteiger partial charge on any atom is -0.315 e. The fourth-order valence-electron chi connectivity index (χ4n) is 1.48. The van der Waals surface area contributed by atoms with Crippen molar-refractivity contribution in [3.8, 4) is 0 Å². The zero-order valence-corrected chi connectivity index (χ0v) is 12.3. The van der Waals surface area contributed by atoms with Crippen LogP contribution in [0, 0.1) is 12.8 Å². The van der Waals surface area contributed by atoms with E-state index in [2.05, 4.69) is 10.0 Å². The summed E-state index contributed by atoms with van der Waals surface area (Å²) in [6.45, 7) is 6.85. The maximum absolute atomic E-state index is 12.2. The van der Waals surface area contributed by atoms with Gasteiger partial charge in [0.25, 0.3) is 0 Å². The molecule has 0 saturated carbocycles. The van der Waals surface area contributed by atoms with Crippen LogP contribution in [0.25, 0.3) is 0 Å². The summed E-state index contributed by atoms with van der Waals surface area (Å²) in [5.41, 5.74) is 0.816. The summed E-state index contributed by atoms with van der Waals surface area (Å²) in [5, 5.41) is 4.88. The van der Waals surface area contributed by atoms with Gasteiger partial charge >= 0.3 is 0 Å². The fourth-order valence-corrected chi connectivity index (χ4v) is 4.51. The molecule has 0 aliphatic carbocycles. The Hall–Kier alpha value is -0.430. The molecule has 2 N–H and O–H groups in total. The van der Waals surface area contributed by atoms with Crippen LogP contribution in [-0.2, 0) is 16.6 Å². The zero-order valence-electron chi connectivity index (χ0n) is 10.7. The van der Waals surface area contributed by atoms with E-state index in [1.165, 1.54) is 11.3 Å². The standard InChI is InChI=1S/C11H20N2O2S2/c1-8(2)5-13-17(14,15)11-9(3)7-16-10(11)6-12-4/h7-8,12-13H,5-6H2,1-4H3. The molecular weight excluding hydrogens is 256 g/mol. The lowest BCUT2D eigenvalue weighted by Crippen LogP contribution is -2.28. The van der Waals surface area contributed by atoms with Crippen LogP contribution < -0.4 is 10.0 Å². The van der Waals surface area contributed by atoms with Gasteiger partial charge < -0.3 is 5.32 Å². The molecule has 0 bridgehead atoms. The second kappa shape index (κ2) is 5.95. The SMILES string of the molecule is CNCc1scc(C)c1S(=O)(=O)NCC(C)C. The Morgan fingerprint density at radius 1 is 1.41 bits per heavy atom. The fraction of sp³-hybridized carbons (Fsp3) is 0.636. The third-order valence-electron chi connectivity index (χ3n) is 2.28. The Labute approximate surface area is 107 Å². The van der Waals surface area contributed by atoms with Gasteiger partial charge in [-0.25, -0.2) is 13.1 Å². The molecule has 0 fully saturated rings. The van der Waals surface area contributed by atoms with Gasteiger partial charge in [0.05, 0.1) is 0 Å². The molecule has 4 nitrogen and oxygen atoms in total. The molecule has 1 aromatic heterocycles. The second-order valence-electron chi connectivity index (χ2n) is 4.45. The molecule has 0 aliphatic heterocycles. The Balaban J connectivity index is 3.01. The molecule has 1 aromatic rings. The van der Waals surface area contributed by atoms with E-state index in [9.17, 15) is 8.42 Å². The molecular formula is C11H20N2O2S2. The molecule has 6 heteroatoms. The highest BCUT2D eigenvalue weighted by Gasteiger charge is 2.22. The van der Waals surface area contributed by atoms with Crippen LogP contribution in [0.1, 0.15) is 24.3 Å². The van der Waals surface area contributed by atoms with Gasteiger partial charge in [-0.3, -0.25) is 0 Å². The number of hydrogen-bond donors (Lipinski definition) is 2. The lowest BCUT2D eigenvalue weighted by Gasteiger charge is -2.10. The number of nitrogens with one attached hydrogen (secondary N) is 2. The predicted molar refractivity (Wildman–Crippen MR) is 71.8 cm³/mol. The van der Waals surface area contributed by atoms with Crippen LogP contribution >= 0.6 is 11.3 Å². The van der Waals surface area contributed by atoms with Crippen molar-refractivity contribution in [1.29, 1.82) is 0 Å². The average Bonchev–Trinajstić information content (AvgIpc) is 2.58. The molecule has 0 aliphatic rings. The van der Waals surface area contributed by atoms with Gasteiger partial charge in [0.2, 0.25) is 10.0 Å². The summed E-state index contributed by atoms with van der Waals surface area (Å²) < 4.78 is 27.0. The van der Waals surface area contributed by atoms with Gasteiger partial charge in [0.15, 0.2) is 0 Å². The van der Waals surface area contributed by atoms with Crippen molar-refractivity contribution in [2.45, 2.75) is 32.2 Å². The van der Waals surface area contributed by atoms with Crippen LogP contribution in [0.15, 0.2) is 10.3 Å². The van der Waals surface area contributed by atoms with Gasteiger partial charge in [-0.1, -0.05) is 13.8 Å². The Kier molecular flexibility index (Phi) is 5.12. The molecule has 0 unspecified atom stereocenters. The van der Waals surface area contributed by atoms with Crippen LogP contribution in [0.5, 0.6) is 0 Å². The van der Waals surface area contributed by atoms with Gasteiger partial charge in [0.1, 0.15) is 4.90 Å². The number of hydrogen-bond acceptors (Lipinski definition) is 4. The van der Waals surface area contributed by atoms with Crippen LogP contribution in [-0.4, -0.2) is 22.0 Å². The maximum Gasteiger partial charge on any atom is 0.241 e. The van der Waals surface area contributed by atoms with E-state index in [1.807, 2.05) is 33.2 Å². The number of sulfonamides is 1. The highest BCUT2D eigenvalue weighted by atomic mass is 32.2. The summed E-state index contributed by atoms with van der Waals surface area (Å²) >= 11 is 1.48. The molecule has 0 aromatic carbocycles. The highest BCUT2D eigenvalue weighted by Crippen LogP contribution is 2.26. The summed E-state index contributed by atoms with van der Waals surface area (Å²) in [6.07, 6.45) is 0. The van der Waals surface area contributed by atoms with Crippen molar-refractivity contribution in [2.75, 3.05) is 13.6 Å². The van der Waals surface area contributed by atoms with Crippen molar-refractivity contribution < 1.29 is 8.42 Å². The van der Waals surface area contributed by atoms with E-state index >= 15 is 0 Å². The van der Waals surface area contributed by atoms with E-state index in [-0.39, 0.29) is 0 Å². The first-order chi connectivity index (χ1) is 7.88. The van der Waals surface area contributed by atoms with Crippen LogP contribution in [0.2, 0.25) is 0 Å². The third-order valence-corrected chi connectivity index (χ3v) is 5.16. The predicted octanol–water partition coefficient (Wildman–Crippen LogP) is 1.71. The highest BCUT2D eigenvalue weighted by molar-refractivity contribution is 7.89. The van der Waals surface area contributed by atoms with Gasteiger partial charge in [-0.05, 0) is 30.8 Å². The Morgan fingerprint density at radius 3 is 2.59 bits per heavy atom. The molecule has 0 atom stereocenters. The first-order valence-corrected chi connectivity index (χ1v) is 7.96. The first kappa shape index (κ1) is 14.6. The third kappa shape index (κ3) is 3.77. The lowest BCUT2D eigenvalue weighted by atomic mass is 10.2. The monoisotopic (exact) mass is 276 g/mol. The van der Waals surface area contributed by atoms with Crippen LogP contribution in [0.3, 0.4) is 0 Å². The normalized spacial score (nSPS) is 12.3. The van der Waals surface area contributed by atoms with Crippen LogP contribution in [0.4, 0.5) is 0 Å². The van der Waals surface area contributed by atoms with E-state index in [0.29, 0.717) is 23.9 Å². The van der Waals surface area contributed by atoms with Crippen molar-refractivity contribution in [2.24, 2.45) is 5.92 Å². The van der Waals surface area contributed by atoms with Gasteiger partial charge in [-0.2, -0.15) is 0 Å². The van der Waals surface area contributed by atoms with Crippen molar-refractivity contribution >= 4 is 21.4 Å². The Bertz CT molecular complexity index is 464. The minimum absolute atomic E-state index is 0.302. The summed E-state index contributed by atoms with van der Waals surface area (Å²) in [4.78, 5) is 1.30. The molecule has 1 heterocycles. The Morgan fingerprint density at radius 2 is 2.06 bits per heavy atom. The molecule has 0 spiro atoms. The molecule has 0 amide bonds.